The van der Waals surface area contributed by atoms with Gasteiger partial charge in [0.1, 0.15) is 3.70 Å². The molecule has 0 aliphatic carbocycles. The number of hydrogen-bond donors (Lipinski definition) is 0. The van der Waals surface area contributed by atoms with Crippen LogP contribution < -0.4 is 4.74 Å². The highest BCUT2D eigenvalue weighted by atomic mass is 127. The third kappa shape index (κ3) is 2.92. The highest BCUT2D eigenvalue weighted by Gasteiger charge is 2.26. The van der Waals surface area contributed by atoms with Crippen LogP contribution in [-0.4, -0.2) is 20.5 Å². The zero-order valence-electron chi connectivity index (χ0n) is 7.75. The van der Waals surface area contributed by atoms with Gasteiger partial charge in [0, 0.05) is 16.7 Å². The summed E-state index contributed by atoms with van der Waals surface area (Å²) < 4.78 is 52.1. The molecule has 1 heterocycles. The van der Waals surface area contributed by atoms with E-state index in [9.17, 15) is 17.2 Å². The first-order chi connectivity index (χ1) is 7.27. The van der Waals surface area contributed by atoms with Crippen LogP contribution in [-0.2, 0) is 9.05 Å². The first-order valence-electron chi connectivity index (χ1n) is 3.74. The van der Waals surface area contributed by atoms with Gasteiger partial charge in [0.15, 0.2) is 0 Å². The second-order valence-corrected chi connectivity index (χ2v) is 6.16. The van der Waals surface area contributed by atoms with Gasteiger partial charge >= 0.3 is 0 Å². The Morgan fingerprint density at radius 3 is 2.50 bits per heavy atom. The van der Waals surface area contributed by atoms with Crippen LogP contribution in [0.3, 0.4) is 0 Å². The molecule has 0 saturated heterocycles. The lowest BCUT2D eigenvalue weighted by atomic mass is 10.3. The number of hydrogen-bond acceptors (Lipinski definition) is 4. The summed E-state index contributed by atoms with van der Waals surface area (Å²) in [6.07, 6.45) is -2.98. The fourth-order valence-corrected chi connectivity index (χ4v) is 3.00. The molecule has 0 bridgehead atoms. The van der Waals surface area contributed by atoms with Crippen LogP contribution in [0.25, 0.3) is 0 Å². The zero-order valence-corrected chi connectivity index (χ0v) is 11.5. The molecule has 0 saturated carbocycles. The largest absolute Gasteiger partial charge is 0.481 e. The predicted octanol–water partition coefficient (Wildman–Crippen LogP) is 2.56. The number of methoxy groups -OCH3 is 1. The van der Waals surface area contributed by atoms with Gasteiger partial charge in [-0.05, 0) is 22.6 Å². The number of alkyl halides is 2. The minimum absolute atomic E-state index is 0.0898. The van der Waals surface area contributed by atoms with Crippen LogP contribution >= 0.6 is 33.3 Å². The van der Waals surface area contributed by atoms with Crippen molar-refractivity contribution in [2.24, 2.45) is 0 Å². The second-order valence-electron chi connectivity index (χ2n) is 2.61. The molecule has 0 aromatic carbocycles. The number of ether oxygens (including phenoxy) is 1. The normalized spacial score (nSPS) is 11.9. The maximum absolute atomic E-state index is 12.6. The van der Waals surface area contributed by atoms with Crippen molar-refractivity contribution in [3.05, 3.63) is 15.3 Å². The van der Waals surface area contributed by atoms with Crippen molar-refractivity contribution in [2.75, 3.05) is 7.11 Å². The van der Waals surface area contributed by atoms with Crippen LogP contribution in [0.4, 0.5) is 8.78 Å². The van der Waals surface area contributed by atoms with Gasteiger partial charge in [0.05, 0.1) is 17.6 Å². The number of rotatable bonds is 3. The highest BCUT2D eigenvalue weighted by molar-refractivity contribution is 14.1. The van der Waals surface area contributed by atoms with Gasteiger partial charge in [-0.2, -0.15) is 0 Å². The van der Waals surface area contributed by atoms with Gasteiger partial charge in [0.25, 0.3) is 15.5 Å². The maximum atomic E-state index is 12.6. The second kappa shape index (κ2) is 4.96. The Morgan fingerprint density at radius 2 is 2.12 bits per heavy atom. The average molecular weight is 384 g/mol. The van der Waals surface area contributed by atoms with E-state index in [1.54, 1.807) is 0 Å². The standard InChI is InChI=1S/C7H5ClF2INO3S/c1-15-4-2-3(16(8,13)14)5(6(9)10)7(11)12-4/h2,6H,1H3. The molecule has 0 radical (unpaired) electrons. The van der Waals surface area contributed by atoms with Crippen LogP contribution in [0, 0.1) is 3.70 Å². The molecule has 9 heteroatoms. The minimum Gasteiger partial charge on any atom is -0.481 e. The summed E-state index contributed by atoms with van der Waals surface area (Å²) in [4.78, 5) is 2.97. The molecule has 16 heavy (non-hydrogen) atoms. The van der Waals surface area contributed by atoms with Crippen molar-refractivity contribution in [1.82, 2.24) is 4.98 Å². The molecule has 0 amide bonds. The Morgan fingerprint density at radius 1 is 1.56 bits per heavy atom. The van der Waals surface area contributed by atoms with Crippen molar-refractivity contribution in [3.63, 3.8) is 0 Å². The molecule has 0 aliphatic heterocycles. The van der Waals surface area contributed by atoms with Crippen molar-refractivity contribution >= 4 is 42.3 Å². The molecule has 1 aromatic rings. The quantitative estimate of drug-likeness (QED) is 0.457. The van der Waals surface area contributed by atoms with E-state index in [0.29, 0.717) is 0 Å². The fraction of sp³-hybridized carbons (Fsp3) is 0.286. The van der Waals surface area contributed by atoms with E-state index >= 15 is 0 Å². The van der Waals surface area contributed by atoms with Gasteiger partial charge in [-0.15, -0.1) is 0 Å². The van der Waals surface area contributed by atoms with Crippen LogP contribution in [0.1, 0.15) is 12.0 Å². The SMILES string of the molecule is COc1cc(S(=O)(=O)Cl)c(C(F)F)c(I)n1. The third-order valence-electron chi connectivity index (χ3n) is 1.64. The fourth-order valence-electron chi connectivity index (χ4n) is 0.985. The average Bonchev–Trinajstić information content (AvgIpc) is 2.14. The zero-order chi connectivity index (χ0) is 12.5. The Balaban J connectivity index is 3.60. The minimum atomic E-state index is -4.27. The maximum Gasteiger partial charge on any atom is 0.267 e. The lowest BCUT2D eigenvalue weighted by Crippen LogP contribution is -2.05. The molecule has 1 rings (SSSR count). The van der Waals surface area contributed by atoms with Gasteiger partial charge in [-0.1, -0.05) is 0 Å². The lowest BCUT2D eigenvalue weighted by Gasteiger charge is -2.09. The summed E-state index contributed by atoms with van der Waals surface area (Å²) >= 11 is 1.50. The highest BCUT2D eigenvalue weighted by Crippen LogP contribution is 2.33. The molecular formula is C7H5ClF2INO3S. The van der Waals surface area contributed by atoms with Gasteiger partial charge in [0.2, 0.25) is 5.88 Å². The molecule has 0 unspecified atom stereocenters. The summed E-state index contributed by atoms with van der Waals surface area (Å²) in [7, 11) is 2.04. The number of aromatic nitrogens is 1. The Labute approximate surface area is 109 Å². The van der Waals surface area contributed by atoms with E-state index < -0.39 is 25.9 Å². The van der Waals surface area contributed by atoms with E-state index in [0.717, 1.165) is 6.07 Å². The first kappa shape index (κ1) is 13.8. The lowest BCUT2D eigenvalue weighted by molar-refractivity contribution is 0.146. The van der Waals surface area contributed by atoms with Gasteiger partial charge < -0.3 is 4.74 Å². The predicted molar refractivity (Wildman–Crippen MR) is 61.5 cm³/mol. The third-order valence-corrected chi connectivity index (χ3v) is 3.82. The first-order valence-corrected chi connectivity index (χ1v) is 7.13. The summed E-state index contributed by atoms with van der Waals surface area (Å²) in [5.41, 5.74) is -0.712. The van der Waals surface area contributed by atoms with E-state index in [1.807, 2.05) is 0 Å². The molecule has 0 atom stereocenters. The summed E-state index contributed by atoms with van der Waals surface area (Å²) in [5, 5.41) is 0. The molecule has 90 valence electrons. The number of pyridine rings is 1. The Hall–Kier alpha value is -0.220. The summed E-state index contributed by atoms with van der Waals surface area (Å²) in [5.74, 6) is -0.0898. The summed E-state index contributed by atoms with van der Waals surface area (Å²) in [6, 6.07) is 0.867. The van der Waals surface area contributed by atoms with Crippen molar-refractivity contribution < 1.29 is 21.9 Å². The molecule has 0 aliphatic rings. The van der Waals surface area contributed by atoms with Gasteiger partial charge in [-0.3, -0.25) is 0 Å². The monoisotopic (exact) mass is 383 g/mol. The number of halogens is 4. The van der Waals surface area contributed by atoms with E-state index in [4.69, 9.17) is 10.7 Å². The summed E-state index contributed by atoms with van der Waals surface area (Å²) in [6.45, 7) is 0. The molecule has 4 nitrogen and oxygen atoms in total. The van der Waals surface area contributed by atoms with Crippen LogP contribution in [0.5, 0.6) is 5.88 Å². The smallest absolute Gasteiger partial charge is 0.267 e. The number of nitrogens with zero attached hydrogens (tertiary/aromatic N) is 1. The van der Waals surface area contributed by atoms with E-state index in [2.05, 4.69) is 9.72 Å². The van der Waals surface area contributed by atoms with Crippen molar-refractivity contribution in [2.45, 2.75) is 11.3 Å². The molecule has 1 aromatic heterocycles. The van der Waals surface area contributed by atoms with Crippen molar-refractivity contribution in [1.29, 1.82) is 0 Å². The Kier molecular flexibility index (Phi) is 4.29. The molecule has 0 spiro atoms. The van der Waals surface area contributed by atoms with Crippen LogP contribution in [0.15, 0.2) is 11.0 Å². The van der Waals surface area contributed by atoms with Crippen molar-refractivity contribution in [3.8, 4) is 5.88 Å². The van der Waals surface area contributed by atoms with E-state index in [-0.39, 0.29) is 9.58 Å². The topological polar surface area (TPSA) is 56.3 Å². The molecule has 0 fully saturated rings. The molecule has 0 N–H and O–H groups in total. The Bertz CT molecular complexity index is 509. The van der Waals surface area contributed by atoms with E-state index in [1.165, 1.54) is 29.7 Å². The van der Waals surface area contributed by atoms with Gasteiger partial charge in [-0.25, -0.2) is 22.2 Å². The molecular weight excluding hydrogens is 379 g/mol. The van der Waals surface area contributed by atoms with Crippen LogP contribution in [0.2, 0.25) is 0 Å².